The summed E-state index contributed by atoms with van der Waals surface area (Å²) >= 11 is 1.61. The third kappa shape index (κ3) is 4.81. The molecule has 1 saturated heterocycles. The zero-order valence-electron chi connectivity index (χ0n) is 14.0. The van der Waals surface area contributed by atoms with Gasteiger partial charge in [0.05, 0.1) is 17.2 Å². The Morgan fingerprint density at radius 1 is 1.33 bits per heavy atom. The highest BCUT2D eigenvalue weighted by atomic mass is 35.5. The van der Waals surface area contributed by atoms with Crippen LogP contribution in [-0.4, -0.2) is 32.4 Å². The predicted octanol–water partition coefficient (Wildman–Crippen LogP) is 2.26. The van der Waals surface area contributed by atoms with Crippen molar-refractivity contribution in [2.24, 2.45) is 5.92 Å². The second-order valence-electron chi connectivity index (χ2n) is 5.86. The molecule has 1 aliphatic heterocycles. The maximum Gasteiger partial charge on any atom is 0.346 e. The van der Waals surface area contributed by atoms with Gasteiger partial charge in [-0.05, 0) is 45.7 Å². The van der Waals surface area contributed by atoms with E-state index in [1.807, 2.05) is 19.2 Å². The lowest BCUT2D eigenvalue weighted by molar-refractivity contribution is 0.362. The van der Waals surface area contributed by atoms with Crippen LogP contribution in [0.2, 0.25) is 0 Å². The maximum absolute atomic E-state index is 12.5. The van der Waals surface area contributed by atoms with E-state index >= 15 is 0 Å². The Hall–Kier alpha value is -0.890. The highest BCUT2D eigenvalue weighted by Crippen LogP contribution is 2.16. The summed E-state index contributed by atoms with van der Waals surface area (Å²) in [4.78, 5) is 16.9. The van der Waals surface area contributed by atoms with Gasteiger partial charge in [0.1, 0.15) is 5.82 Å². The normalized spacial score (nSPS) is 14.9. The van der Waals surface area contributed by atoms with Gasteiger partial charge in [0.2, 0.25) is 0 Å². The first-order valence-corrected chi connectivity index (χ1v) is 8.83. The average molecular weight is 394 g/mol. The van der Waals surface area contributed by atoms with Crippen LogP contribution in [0.25, 0.3) is 0 Å². The van der Waals surface area contributed by atoms with Gasteiger partial charge in [-0.1, -0.05) is 0 Å². The van der Waals surface area contributed by atoms with E-state index in [9.17, 15) is 4.79 Å². The Morgan fingerprint density at radius 3 is 2.62 bits per heavy atom. The summed E-state index contributed by atoms with van der Waals surface area (Å²) in [5, 5.41) is 11.0. The number of hydrogen-bond acceptors (Lipinski definition) is 5. The molecule has 0 unspecified atom stereocenters. The van der Waals surface area contributed by atoms with Crippen molar-refractivity contribution in [3.8, 4) is 0 Å². The molecule has 0 aromatic carbocycles. The van der Waals surface area contributed by atoms with E-state index in [1.165, 1.54) is 0 Å². The number of hydrogen-bond donors (Lipinski definition) is 1. The van der Waals surface area contributed by atoms with Crippen LogP contribution in [0.3, 0.4) is 0 Å². The molecule has 3 rings (SSSR count). The lowest BCUT2D eigenvalue weighted by Gasteiger charge is -2.21. The summed E-state index contributed by atoms with van der Waals surface area (Å²) in [6.45, 7) is 7.26. The van der Waals surface area contributed by atoms with Gasteiger partial charge >= 0.3 is 5.69 Å². The topological polar surface area (TPSA) is 64.7 Å². The molecule has 0 spiro atoms. The number of piperidine rings is 1. The van der Waals surface area contributed by atoms with Crippen molar-refractivity contribution in [2.75, 3.05) is 13.1 Å². The molecule has 9 heteroatoms. The van der Waals surface area contributed by atoms with Gasteiger partial charge in [0.15, 0.2) is 0 Å². The highest BCUT2D eigenvalue weighted by molar-refractivity contribution is 7.09. The minimum Gasteiger partial charge on any atom is -0.317 e. The molecule has 0 aliphatic carbocycles. The largest absolute Gasteiger partial charge is 0.346 e. The van der Waals surface area contributed by atoms with E-state index in [4.69, 9.17) is 0 Å². The fourth-order valence-corrected chi connectivity index (χ4v) is 3.64. The molecule has 1 fully saturated rings. The van der Waals surface area contributed by atoms with E-state index < -0.39 is 0 Å². The zero-order chi connectivity index (χ0) is 15.5. The molecule has 2 aromatic rings. The first-order valence-electron chi connectivity index (χ1n) is 7.95. The lowest BCUT2D eigenvalue weighted by Crippen LogP contribution is -2.30. The molecule has 24 heavy (non-hydrogen) atoms. The molecule has 1 aliphatic rings. The van der Waals surface area contributed by atoms with Crippen LogP contribution < -0.4 is 11.0 Å². The first kappa shape index (κ1) is 21.2. The number of halogens is 2. The summed E-state index contributed by atoms with van der Waals surface area (Å²) in [5.74, 6) is 1.55. The predicted molar refractivity (Wildman–Crippen MR) is 102 cm³/mol. The summed E-state index contributed by atoms with van der Waals surface area (Å²) in [5.41, 5.74) is 0.899. The molecule has 0 atom stereocenters. The lowest BCUT2D eigenvalue weighted by atomic mass is 9.94. The summed E-state index contributed by atoms with van der Waals surface area (Å²) in [7, 11) is 0. The van der Waals surface area contributed by atoms with Crippen molar-refractivity contribution < 1.29 is 0 Å². The SMILES string of the molecule is CCn1c(CC2CCNCC2)nn(Cc2csc(C)n2)c1=O.Cl.Cl. The summed E-state index contributed by atoms with van der Waals surface area (Å²) < 4.78 is 3.37. The Morgan fingerprint density at radius 2 is 2.04 bits per heavy atom. The van der Waals surface area contributed by atoms with Crippen LogP contribution in [-0.2, 0) is 19.5 Å². The molecule has 6 nitrogen and oxygen atoms in total. The van der Waals surface area contributed by atoms with Crippen LogP contribution in [0.5, 0.6) is 0 Å². The first-order chi connectivity index (χ1) is 10.7. The van der Waals surface area contributed by atoms with E-state index in [0.717, 1.165) is 48.9 Å². The van der Waals surface area contributed by atoms with Crippen molar-refractivity contribution in [1.29, 1.82) is 0 Å². The molecular weight excluding hydrogens is 369 g/mol. The number of nitrogens with zero attached hydrogens (tertiary/aromatic N) is 4. The van der Waals surface area contributed by atoms with Crippen LogP contribution in [0.1, 0.15) is 36.3 Å². The summed E-state index contributed by atoms with van der Waals surface area (Å²) in [6.07, 6.45) is 3.22. The van der Waals surface area contributed by atoms with E-state index in [2.05, 4.69) is 15.4 Å². The van der Waals surface area contributed by atoms with Crippen molar-refractivity contribution in [3.05, 3.63) is 32.4 Å². The Balaban J connectivity index is 0.00000144. The van der Waals surface area contributed by atoms with Crippen LogP contribution in [0.15, 0.2) is 10.2 Å². The maximum atomic E-state index is 12.5. The van der Waals surface area contributed by atoms with E-state index in [0.29, 0.717) is 19.0 Å². The van der Waals surface area contributed by atoms with Gasteiger partial charge in [-0.2, -0.15) is 5.10 Å². The molecule has 136 valence electrons. The second kappa shape index (κ2) is 9.56. The molecule has 0 radical (unpaired) electrons. The number of aryl methyl sites for hydroxylation is 1. The van der Waals surface area contributed by atoms with Crippen LogP contribution in [0, 0.1) is 12.8 Å². The van der Waals surface area contributed by atoms with Gasteiger partial charge in [-0.25, -0.2) is 14.5 Å². The summed E-state index contributed by atoms with van der Waals surface area (Å²) in [6, 6.07) is 0. The molecule has 0 saturated carbocycles. The number of thiazole rings is 1. The number of aromatic nitrogens is 4. The van der Waals surface area contributed by atoms with Crippen molar-refractivity contribution in [3.63, 3.8) is 0 Å². The number of nitrogens with one attached hydrogen (secondary N) is 1. The molecule has 2 aromatic heterocycles. The number of rotatable bonds is 5. The van der Waals surface area contributed by atoms with Gasteiger partial charge in [0, 0.05) is 18.3 Å². The Kier molecular flexibility index (Phi) is 8.42. The third-order valence-electron chi connectivity index (χ3n) is 4.22. The van der Waals surface area contributed by atoms with E-state index in [1.54, 1.807) is 20.6 Å². The minimum atomic E-state index is -0.0166. The van der Waals surface area contributed by atoms with Gasteiger partial charge in [-0.3, -0.25) is 4.57 Å². The fourth-order valence-electron chi connectivity index (χ4n) is 3.04. The molecular formula is C15H25Cl2N5OS. The van der Waals surface area contributed by atoms with Crippen molar-refractivity contribution in [1.82, 2.24) is 24.6 Å². The smallest absolute Gasteiger partial charge is 0.317 e. The van der Waals surface area contributed by atoms with Gasteiger partial charge in [-0.15, -0.1) is 36.2 Å². The van der Waals surface area contributed by atoms with Crippen LogP contribution in [0.4, 0.5) is 0 Å². The fraction of sp³-hybridized carbons (Fsp3) is 0.667. The molecule has 0 bridgehead atoms. The molecule has 0 amide bonds. The van der Waals surface area contributed by atoms with E-state index in [-0.39, 0.29) is 30.5 Å². The van der Waals surface area contributed by atoms with Gasteiger partial charge < -0.3 is 5.32 Å². The van der Waals surface area contributed by atoms with Crippen molar-refractivity contribution in [2.45, 2.75) is 46.2 Å². The monoisotopic (exact) mass is 393 g/mol. The quantitative estimate of drug-likeness (QED) is 0.845. The highest BCUT2D eigenvalue weighted by Gasteiger charge is 2.19. The minimum absolute atomic E-state index is 0. The second-order valence-corrected chi connectivity index (χ2v) is 6.92. The average Bonchev–Trinajstić information content (AvgIpc) is 3.05. The molecule has 1 N–H and O–H groups in total. The standard InChI is InChI=1S/C15H23N5OS.2ClH/c1-3-19-14(8-12-4-6-16-7-5-12)18-20(15(19)21)9-13-10-22-11(2)17-13;;/h10,12,16H,3-9H2,1-2H3;2*1H. The Bertz CT molecular complexity index is 690. The van der Waals surface area contributed by atoms with Gasteiger partial charge in [0.25, 0.3) is 0 Å². The van der Waals surface area contributed by atoms with Crippen molar-refractivity contribution >= 4 is 36.2 Å². The zero-order valence-corrected chi connectivity index (χ0v) is 16.5. The van der Waals surface area contributed by atoms with Crippen LogP contribution >= 0.6 is 36.2 Å². The Labute approximate surface area is 158 Å². The third-order valence-corrected chi connectivity index (χ3v) is 5.05. The molecule has 3 heterocycles.